The van der Waals surface area contributed by atoms with Crippen LogP contribution in [0.1, 0.15) is 57.8 Å². The molecule has 9 N–H and O–H groups in total. The molecule has 194 valence electrons. The van der Waals surface area contributed by atoms with Gasteiger partial charge in [0.25, 0.3) is 0 Å². The van der Waals surface area contributed by atoms with E-state index in [9.17, 15) is 29.4 Å². The van der Waals surface area contributed by atoms with Crippen LogP contribution in [0.2, 0.25) is 0 Å². The third-order valence-corrected chi connectivity index (χ3v) is 6.53. The van der Waals surface area contributed by atoms with Gasteiger partial charge in [-0.2, -0.15) is 0 Å². The minimum Gasteiger partial charge on any atom is -0.480 e. The van der Waals surface area contributed by atoms with Crippen LogP contribution in [0.3, 0.4) is 0 Å². The van der Waals surface area contributed by atoms with Crippen LogP contribution in [0.4, 0.5) is 0 Å². The van der Waals surface area contributed by atoms with E-state index in [-0.39, 0.29) is 19.4 Å². The van der Waals surface area contributed by atoms with Crippen LogP contribution >= 0.6 is 0 Å². The van der Waals surface area contributed by atoms with Crippen molar-refractivity contribution in [2.24, 2.45) is 17.2 Å². The summed E-state index contributed by atoms with van der Waals surface area (Å²) < 4.78 is 0. The van der Waals surface area contributed by atoms with Crippen LogP contribution < -0.4 is 22.5 Å². The molecule has 2 aliphatic heterocycles. The predicted octanol–water partition coefficient (Wildman–Crippen LogP) is -1.91. The highest BCUT2D eigenvalue weighted by Gasteiger charge is 2.45. The van der Waals surface area contributed by atoms with Crippen LogP contribution in [-0.4, -0.2) is 100 Å². The number of carboxylic acid groups (broad SMARTS) is 1. The number of aliphatic hydroxyl groups is 1. The van der Waals surface area contributed by atoms with Crippen molar-refractivity contribution < 1.29 is 29.4 Å². The van der Waals surface area contributed by atoms with Crippen LogP contribution in [0.5, 0.6) is 0 Å². The number of nitrogens with two attached hydrogens (primary N) is 3. The number of β-amino-alcohol motifs (C(OH)–C–C–N with tert-alkyl or cyclic N) is 1. The molecule has 12 heteroatoms. The Morgan fingerprint density at radius 3 is 2.24 bits per heavy atom. The molecule has 5 atom stereocenters. The van der Waals surface area contributed by atoms with Gasteiger partial charge in [0.15, 0.2) is 0 Å². The van der Waals surface area contributed by atoms with E-state index in [1.165, 1.54) is 9.80 Å². The summed E-state index contributed by atoms with van der Waals surface area (Å²) in [5.41, 5.74) is 17.0. The molecular weight excluding hydrogens is 444 g/mol. The summed E-state index contributed by atoms with van der Waals surface area (Å²) in [6.45, 7) is 1.26. The first-order chi connectivity index (χ1) is 16.2. The van der Waals surface area contributed by atoms with E-state index in [0.717, 1.165) is 6.42 Å². The number of carboxylic acids is 1. The molecule has 2 aliphatic rings. The first-order valence-electron chi connectivity index (χ1n) is 12.2. The molecule has 2 saturated heterocycles. The number of amides is 3. The van der Waals surface area contributed by atoms with E-state index >= 15 is 0 Å². The zero-order chi connectivity index (χ0) is 25.3. The zero-order valence-electron chi connectivity index (χ0n) is 19.7. The summed E-state index contributed by atoms with van der Waals surface area (Å²) in [4.78, 5) is 53.5. The Bertz CT molecular complexity index is 722. The van der Waals surface area contributed by atoms with E-state index in [4.69, 9.17) is 17.2 Å². The normalized spacial score (nSPS) is 24.2. The van der Waals surface area contributed by atoms with Crippen LogP contribution in [0, 0.1) is 0 Å². The molecule has 12 nitrogen and oxygen atoms in total. The Morgan fingerprint density at radius 1 is 0.971 bits per heavy atom. The fourth-order valence-corrected chi connectivity index (χ4v) is 4.65. The van der Waals surface area contributed by atoms with E-state index in [0.29, 0.717) is 58.2 Å². The minimum absolute atomic E-state index is 0.00671. The van der Waals surface area contributed by atoms with Gasteiger partial charge in [-0.25, -0.2) is 4.79 Å². The molecule has 2 rings (SSSR count). The van der Waals surface area contributed by atoms with Gasteiger partial charge in [0.05, 0.1) is 12.1 Å². The van der Waals surface area contributed by atoms with Gasteiger partial charge in [0, 0.05) is 19.5 Å². The molecule has 0 unspecified atom stereocenters. The minimum atomic E-state index is -1.14. The number of aliphatic hydroxyl groups excluding tert-OH is 1. The molecule has 34 heavy (non-hydrogen) atoms. The van der Waals surface area contributed by atoms with Crippen molar-refractivity contribution in [2.45, 2.75) is 88.1 Å². The number of carbonyl (C=O) groups is 4. The third kappa shape index (κ3) is 7.36. The first-order valence-corrected chi connectivity index (χ1v) is 12.2. The predicted molar refractivity (Wildman–Crippen MR) is 124 cm³/mol. The monoisotopic (exact) mass is 484 g/mol. The molecule has 3 amide bonds. The Morgan fingerprint density at radius 2 is 1.62 bits per heavy atom. The molecule has 0 spiro atoms. The molecule has 0 aromatic rings. The maximum atomic E-state index is 13.4. The fraction of sp³-hybridized carbons (Fsp3) is 0.818. The summed E-state index contributed by atoms with van der Waals surface area (Å²) in [7, 11) is 0. The van der Waals surface area contributed by atoms with Gasteiger partial charge in [-0.15, -0.1) is 0 Å². The molecular formula is C22H40N6O6. The highest BCUT2D eigenvalue weighted by Crippen LogP contribution is 2.26. The topological polar surface area (TPSA) is 205 Å². The van der Waals surface area contributed by atoms with E-state index in [2.05, 4.69) is 5.32 Å². The second-order valence-electron chi connectivity index (χ2n) is 9.16. The molecule has 0 aromatic carbocycles. The standard InChI is InChI=1S/C22H40N6O6/c23-9-3-1-6-15(25)20(31)28-13-14(29)12-18(28)21(32)27-11-5-8-17(27)19(30)26-16(22(33)34)7-2-4-10-24/h14-18,29H,1-13,23-25H2,(H,26,30)(H,33,34)/t14-,15+,16+,17+,18+/m1/s1. The number of nitrogens with zero attached hydrogens (tertiary/aromatic N) is 2. The molecule has 0 saturated carbocycles. The lowest BCUT2D eigenvalue weighted by Gasteiger charge is -2.32. The smallest absolute Gasteiger partial charge is 0.326 e. The second kappa shape index (κ2) is 13.6. The summed E-state index contributed by atoms with van der Waals surface area (Å²) in [5, 5.41) is 22.2. The molecule has 0 aliphatic carbocycles. The highest BCUT2D eigenvalue weighted by molar-refractivity contribution is 5.95. The maximum absolute atomic E-state index is 13.4. The van der Waals surface area contributed by atoms with Gasteiger partial charge in [0.1, 0.15) is 18.1 Å². The summed E-state index contributed by atoms with van der Waals surface area (Å²) >= 11 is 0. The highest BCUT2D eigenvalue weighted by atomic mass is 16.4. The van der Waals surface area contributed by atoms with Crippen LogP contribution in [0.15, 0.2) is 0 Å². The Labute approximate surface area is 200 Å². The van der Waals surface area contributed by atoms with Crippen molar-refractivity contribution in [1.82, 2.24) is 15.1 Å². The van der Waals surface area contributed by atoms with Gasteiger partial charge in [-0.05, 0) is 58.0 Å². The van der Waals surface area contributed by atoms with Crippen molar-refractivity contribution in [3.05, 3.63) is 0 Å². The van der Waals surface area contributed by atoms with E-state index in [1.807, 2.05) is 0 Å². The molecule has 2 fully saturated rings. The Hall–Kier alpha value is -2.28. The number of hydrogen-bond donors (Lipinski definition) is 6. The number of hydrogen-bond acceptors (Lipinski definition) is 8. The average molecular weight is 485 g/mol. The number of carbonyl (C=O) groups excluding carboxylic acids is 3. The average Bonchev–Trinajstić information content (AvgIpc) is 3.44. The van der Waals surface area contributed by atoms with Crippen molar-refractivity contribution in [2.75, 3.05) is 26.2 Å². The third-order valence-electron chi connectivity index (χ3n) is 6.53. The zero-order valence-corrected chi connectivity index (χ0v) is 19.7. The van der Waals surface area contributed by atoms with Crippen molar-refractivity contribution >= 4 is 23.7 Å². The number of aliphatic carboxylic acids is 1. The van der Waals surface area contributed by atoms with Crippen molar-refractivity contribution in [3.63, 3.8) is 0 Å². The maximum Gasteiger partial charge on any atom is 0.326 e. The molecule has 0 radical (unpaired) electrons. The van der Waals surface area contributed by atoms with Crippen LogP contribution in [0.25, 0.3) is 0 Å². The number of rotatable bonds is 13. The largest absolute Gasteiger partial charge is 0.480 e. The van der Waals surface area contributed by atoms with Gasteiger partial charge >= 0.3 is 5.97 Å². The van der Waals surface area contributed by atoms with Gasteiger partial charge < -0.3 is 42.5 Å². The van der Waals surface area contributed by atoms with Crippen molar-refractivity contribution in [3.8, 4) is 0 Å². The molecule has 0 aromatic heterocycles. The molecule has 0 bridgehead atoms. The van der Waals surface area contributed by atoms with Gasteiger partial charge in [0.2, 0.25) is 17.7 Å². The van der Waals surface area contributed by atoms with Crippen molar-refractivity contribution in [1.29, 1.82) is 0 Å². The quantitative estimate of drug-likeness (QED) is 0.161. The summed E-state index contributed by atoms with van der Waals surface area (Å²) in [6.07, 6.45) is 3.50. The molecule has 2 heterocycles. The van der Waals surface area contributed by atoms with Crippen LogP contribution in [-0.2, 0) is 19.2 Å². The lowest BCUT2D eigenvalue weighted by Crippen LogP contribution is -2.56. The Kier molecular flexibility index (Phi) is 11.2. The van der Waals surface area contributed by atoms with Gasteiger partial charge in [-0.1, -0.05) is 6.42 Å². The lowest BCUT2D eigenvalue weighted by molar-refractivity contribution is -0.148. The van der Waals surface area contributed by atoms with E-state index < -0.39 is 54.0 Å². The second-order valence-corrected chi connectivity index (χ2v) is 9.16. The SMILES string of the molecule is NCCCC[C@H](NC(=O)[C@@H]1CCCN1C(=O)[C@@H]1C[C@@H](O)CN1C(=O)[C@@H](N)CCCCN)C(=O)O. The number of unbranched alkanes of at least 4 members (excludes halogenated alkanes) is 2. The number of nitrogens with one attached hydrogen (secondary N) is 1. The first kappa shape index (κ1) is 28.0. The number of likely N-dealkylation sites (tertiary alicyclic amines) is 2. The lowest BCUT2D eigenvalue weighted by atomic mass is 10.1. The summed E-state index contributed by atoms with van der Waals surface area (Å²) in [5.74, 6) is -2.49. The Balaban J connectivity index is 2.06. The fourth-order valence-electron chi connectivity index (χ4n) is 4.65. The summed E-state index contributed by atoms with van der Waals surface area (Å²) in [6, 6.07) is -3.59. The van der Waals surface area contributed by atoms with Gasteiger partial charge in [-0.3, -0.25) is 14.4 Å². The van der Waals surface area contributed by atoms with E-state index in [1.54, 1.807) is 0 Å².